The number of carbonyl (C=O) groups excluding carboxylic acids is 2. The summed E-state index contributed by atoms with van der Waals surface area (Å²) in [6, 6.07) is 7.12. The van der Waals surface area contributed by atoms with Crippen molar-refractivity contribution in [3.63, 3.8) is 0 Å². The molecule has 0 bridgehead atoms. The molecule has 1 aromatic heterocycles. The van der Waals surface area contributed by atoms with Gasteiger partial charge in [0.2, 0.25) is 10.0 Å². The third-order valence-electron chi connectivity index (χ3n) is 3.65. The molecule has 0 radical (unpaired) electrons. The van der Waals surface area contributed by atoms with Gasteiger partial charge in [0.25, 0.3) is 5.91 Å². The van der Waals surface area contributed by atoms with Crippen molar-refractivity contribution in [3.8, 4) is 0 Å². The predicted octanol–water partition coefficient (Wildman–Crippen LogP) is 2.45. The summed E-state index contributed by atoms with van der Waals surface area (Å²) >= 11 is 1.35. The summed E-state index contributed by atoms with van der Waals surface area (Å²) in [6.45, 7) is 5.39. The Balaban J connectivity index is 1.99. The average Bonchev–Trinajstić information content (AvgIpc) is 2.95. The molecule has 26 heavy (non-hydrogen) atoms. The predicted molar refractivity (Wildman–Crippen MR) is 99.8 cm³/mol. The van der Waals surface area contributed by atoms with Crippen molar-refractivity contribution < 1.29 is 22.7 Å². The molecular formula is C17H20N2O5S2. The molecule has 0 saturated carbocycles. The smallest absolute Gasteiger partial charge is 0.349 e. The molecule has 0 spiro atoms. The van der Waals surface area contributed by atoms with Crippen LogP contribution in [0.1, 0.15) is 34.0 Å². The summed E-state index contributed by atoms with van der Waals surface area (Å²) in [5, 5.41) is 7.57. The Morgan fingerprint density at radius 3 is 2.38 bits per heavy atom. The number of amides is 1. The third kappa shape index (κ3) is 4.90. The number of aryl methyl sites for hydroxylation is 2. The summed E-state index contributed by atoms with van der Waals surface area (Å²) in [5.41, 5.74) is 1.39. The van der Waals surface area contributed by atoms with E-state index in [2.05, 4.69) is 5.32 Å². The number of hydrogen-bond acceptors (Lipinski definition) is 6. The van der Waals surface area contributed by atoms with Gasteiger partial charge in [-0.05, 0) is 56.2 Å². The lowest BCUT2D eigenvalue weighted by Gasteiger charge is -2.13. The van der Waals surface area contributed by atoms with Crippen LogP contribution in [0, 0.1) is 6.92 Å². The molecule has 1 amide bonds. The highest BCUT2D eigenvalue weighted by molar-refractivity contribution is 7.89. The van der Waals surface area contributed by atoms with Crippen LogP contribution >= 0.6 is 11.3 Å². The maximum Gasteiger partial charge on any atom is 0.349 e. The van der Waals surface area contributed by atoms with Gasteiger partial charge in [-0.15, -0.1) is 11.3 Å². The van der Waals surface area contributed by atoms with Gasteiger partial charge in [-0.3, -0.25) is 4.79 Å². The molecule has 1 unspecified atom stereocenters. The molecule has 7 nitrogen and oxygen atoms in total. The highest BCUT2D eigenvalue weighted by Crippen LogP contribution is 2.23. The average molecular weight is 396 g/mol. The zero-order valence-corrected chi connectivity index (χ0v) is 16.2. The largest absolute Gasteiger partial charge is 0.448 e. The maximum absolute atomic E-state index is 12.2. The number of carbonyl (C=O) groups is 2. The lowest BCUT2D eigenvalue weighted by molar-refractivity contribution is -0.123. The van der Waals surface area contributed by atoms with Gasteiger partial charge in [0.05, 0.1) is 4.90 Å². The van der Waals surface area contributed by atoms with Crippen molar-refractivity contribution in [2.45, 2.75) is 38.2 Å². The van der Waals surface area contributed by atoms with E-state index in [1.54, 1.807) is 6.07 Å². The minimum Gasteiger partial charge on any atom is -0.448 e. The molecule has 3 N–H and O–H groups in total. The molecule has 0 aliphatic carbocycles. The van der Waals surface area contributed by atoms with Crippen LogP contribution in [0.5, 0.6) is 0 Å². The number of nitrogens with one attached hydrogen (secondary N) is 1. The van der Waals surface area contributed by atoms with Gasteiger partial charge >= 0.3 is 5.97 Å². The number of hydrogen-bond donors (Lipinski definition) is 2. The number of nitrogens with two attached hydrogens (primary N) is 1. The second kappa shape index (κ2) is 7.98. The minimum atomic E-state index is -3.80. The summed E-state index contributed by atoms with van der Waals surface area (Å²) in [4.78, 5) is 25.8. The lowest BCUT2D eigenvalue weighted by atomic mass is 10.2. The highest BCUT2D eigenvalue weighted by Gasteiger charge is 2.21. The monoisotopic (exact) mass is 396 g/mol. The SMILES string of the molecule is CCc1sc(C(=O)OC(C)C(=O)Nc2ccc(S(N)(=O)=O)cc2)cc1C. The number of benzene rings is 1. The number of thiophene rings is 1. The van der Waals surface area contributed by atoms with Gasteiger partial charge < -0.3 is 10.1 Å². The van der Waals surface area contributed by atoms with Crippen LogP contribution in [0.3, 0.4) is 0 Å². The molecule has 2 aromatic rings. The molecule has 140 valence electrons. The maximum atomic E-state index is 12.2. The van der Waals surface area contributed by atoms with Gasteiger partial charge in [-0.2, -0.15) is 0 Å². The van der Waals surface area contributed by atoms with Crippen molar-refractivity contribution in [2.24, 2.45) is 5.14 Å². The summed E-state index contributed by atoms with van der Waals surface area (Å²) in [5.74, 6) is -1.07. The van der Waals surface area contributed by atoms with Crippen LogP contribution in [-0.2, 0) is 26.0 Å². The van der Waals surface area contributed by atoms with Crippen molar-refractivity contribution >= 4 is 38.9 Å². The molecule has 0 aliphatic heterocycles. The fraction of sp³-hybridized carbons (Fsp3) is 0.294. The Hall–Kier alpha value is -2.23. The topological polar surface area (TPSA) is 116 Å². The third-order valence-corrected chi connectivity index (χ3v) is 5.94. The van der Waals surface area contributed by atoms with E-state index in [0.29, 0.717) is 10.6 Å². The normalized spacial score (nSPS) is 12.5. The van der Waals surface area contributed by atoms with E-state index in [1.807, 2.05) is 13.8 Å². The first-order valence-corrected chi connectivity index (χ1v) is 10.2. The Bertz CT molecular complexity index is 917. The van der Waals surface area contributed by atoms with Gasteiger partial charge in [-0.1, -0.05) is 6.92 Å². The van der Waals surface area contributed by atoms with Crippen molar-refractivity contribution in [3.05, 3.63) is 45.6 Å². The van der Waals surface area contributed by atoms with Crippen molar-refractivity contribution in [1.29, 1.82) is 0 Å². The zero-order chi connectivity index (χ0) is 19.5. The molecule has 1 atom stereocenters. The van der Waals surface area contributed by atoms with Crippen LogP contribution in [0.2, 0.25) is 0 Å². The van der Waals surface area contributed by atoms with E-state index in [-0.39, 0.29) is 4.90 Å². The summed E-state index contributed by atoms with van der Waals surface area (Å²) < 4.78 is 27.6. The number of ether oxygens (including phenoxy) is 1. The number of rotatable bonds is 6. The van der Waals surface area contributed by atoms with E-state index in [9.17, 15) is 18.0 Å². The molecule has 2 rings (SSSR count). The summed E-state index contributed by atoms with van der Waals surface area (Å²) in [6.07, 6.45) is -0.179. The van der Waals surface area contributed by atoms with Gasteiger partial charge in [0.15, 0.2) is 6.10 Å². The molecule has 0 aliphatic rings. The van der Waals surface area contributed by atoms with Crippen LogP contribution in [-0.4, -0.2) is 26.4 Å². The molecule has 0 fully saturated rings. The molecular weight excluding hydrogens is 376 g/mol. The standard InChI is InChI=1S/C17H20N2O5S2/c1-4-14-10(2)9-15(25-14)17(21)24-11(3)16(20)19-12-5-7-13(8-6-12)26(18,22)23/h5-9,11H,4H2,1-3H3,(H,19,20)(H2,18,22,23). The van der Waals surface area contributed by atoms with Crippen molar-refractivity contribution in [2.75, 3.05) is 5.32 Å². The van der Waals surface area contributed by atoms with E-state index in [1.165, 1.54) is 42.5 Å². The second-order valence-electron chi connectivity index (χ2n) is 5.68. The first-order chi connectivity index (χ1) is 12.1. The molecule has 9 heteroatoms. The van der Waals surface area contributed by atoms with Crippen LogP contribution in [0.4, 0.5) is 5.69 Å². The number of esters is 1. The van der Waals surface area contributed by atoms with Crippen LogP contribution in [0.15, 0.2) is 35.2 Å². The Kier molecular flexibility index (Phi) is 6.17. The van der Waals surface area contributed by atoms with E-state index < -0.39 is 28.0 Å². The van der Waals surface area contributed by atoms with Gasteiger partial charge in [0.1, 0.15) is 4.88 Å². The Labute approximate surface area is 156 Å². The van der Waals surface area contributed by atoms with E-state index in [4.69, 9.17) is 9.88 Å². The highest BCUT2D eigenvalue weighted by atomic mass is 32.2. The zero-order valence-electron chi connectivity index (χ0n) is 14.6. The first kappa shape index (κ1) is 20.1. The fourth-order valence-corrected chi connectivity index (χ4v) is 3.73. The number of sulfonamides is 1. The van der Waals surface area contributed by atoms with Gasteiger partial charge in [-0.25, -0.2) is 18.4 Å². The molecule has 0 saturated heterocycles. The van der Waals surface area contributed by atoms with Crippen molar-refractivity contribution in [1.82, 2.24) is 0 Å². The van der Waals surface area contributed by atoms with Crippen LogP contribution in [0.25, 0.3) is 0 Å². The lowest BCUT2D eigenvalue weighted by Crippen LogP contribution is -2.29. The summed E-state index contributed by atoms with van der Waals surface area (Å²) in [7, 11) is -3.80. The Morgan fingerprint density at radius 2 is 1.88 bits per heavy atom. The van der Waals surface area contributed by atoms with E-state index in [0.717, 1.165) is 16.9 Å². The number of primary sulfonamides is 1. The van der Waals surface area contributed by atoms with E-state index >= 15 is 0 Å². The minimum absolute atomic E-state index is 0.0604. The Morgan fingerprint density at radius 1 is 1.27 bits per heavy atom. The fourth-order valence-electron chi connectivity index (χ4n) is 2.22. The van der Waals surface area contributed by atoms with Crippen LogP contribution < -0.4 is 10.5 Å². The second-order valence-corrected chi connectivity index (χ2v) is 8.37. The molecule has 1 heterocycles. The quantitative estimate of drug-likeness (QED) is 0.728. The van der Waals surface area contributed by atoms with Gasteiger partial charge in [0, 0.05) is 10.6 Å². The first-order valence-electron chi connectivity index (χ1n) is 7.85. The molecule has 1 aromatic carbocycles. The number of anilines is 1.